The molecule has 29 heavy (non-hydrogen) atoms. The van der Waals surface area contributed by atoms with Crippen LogP contribution >= 0.6 is 11.3 Å². The standard InChI is InChI=1S/C22H19N3O3S/c1-15-7-5-10-17(20(15)26)14-23-25-22(28)19(13-18-11-6-12-29-18)24-21(27)16-8-3-2-4-9-16/h2-14,26H,1H3,(H,24,27)(H,25,28). The van der Waals surface area contributed by atoms with Crippen LogP contribution in [0.5, 0.6) is 5.75 Å². The number of amides is 2. The molecule has 0 spiro atoms. The normalized spacial score (nSPS) is 11.4. The van der Waals surface area contributed by atoms with Crippen molar-refractivity contribution in [2.75, 3.05) is 0 Å². The van der Waals surface area contributed by atoms with Crippen molar-refractivity contribution in [3.63, 3.8) is 0 Å². The number of aromatic hydroxyl groups is 1. The third-order valence-corrected chi connectivity index (χ3v) is 4.82. The maximum Gasteiger partial charge on any atom is 0.287 e. The third kappa shape index (κ3) is 5.40. The maximum atomic E-state index is 12.6. The number of rotatable bonds is 6. The summed E-state index contributed by atoms with van der Waals surface area (Å²) in [5.41, 5.74) is 4.06. The molecule has 0 unspecified atom stereocenters. The van der Waals surface area contributed by atoms with Gasteiger partial charge in [-0.15, -0.1) is 11.3 Å². The van der Waals surface area contributed by atoms with Gasteiger partial charge in [0.2, 0.25) is 0 Å². The van der Waals surface area contributed by atoms with Gasteiger partial charge in [-0.1, -0.05) is 36.4 Å². The lowest BCUT2D eigenvalue weighted by molar-refractivity contribution is -0.117. The molecule has 0 aliphatic carbocycles. The first-order chi connectivity index (χ1) is 14.0. The van der Waals surface area contributed by atoms with Gasteiger partial charge in [-0.25, -0.2) is 5.43 Å². The zero-order chi connectivity index (χ0) is 20.6. The Balaban J connectivity index is 1.77. The molecule has 0 saturated carbocycles. The Morgan fingerprint density at radius 2 is 1.83 bits per heavy atom. The highest BCUT2D eigenvalue weighted by Crippen LogP contribution is 2.19. The number of nitrogens with zero attached hydrogens (tertiary/aromatic N) is 1. The number of aryl methyl sites for hydroxylation is 1. The number of para-hydroxylation sites is 1. The van der Waals surface area contributed by atoms with Crippen LogP contribution in [0.3, 0.4) is 0 Å². The quantitative estimate of drug-likeness (QED) is 0.332. The monoisotopic (exact) mass is 405 g/mol. The summed E-state index contributed by atoms with van der Waals surface area (Å²) in [7, 11) is 0. The first kappa shape index (κ1) is 20.0. The topological polar surface area (TPSA) is 90.8 Å². The predicted molar refractivity (Wildman–Crippen MR) is 115 cm³/mol. The van der Waals surface area contributed by atoms with Gasteiger partial charge in [0.25, 0.3) is 11.8 Å². The average molecular weight is 405 g/mol. The van der Waals surface area contributed by atoms with Gasteiger partial charge in [0.05, 0.1) is 6.21 Å². The molecule has 0 aliphatic heterocycles. The molecule has 2 amide bonds. The van der Waals surface area contributed by atoms with Gasteiger partial charge in [-0.3, -0.25) is 9.59 Å². The second-order valence-corrected chi connectivity index (χ2v) is 7.08. The van der Waals surface area contributed by atoms with Gasteiger partial charge in [0.1, 0.15) is 11.4 Å². The first-order valence-corrected chi connectivity index (χ1v) is 9.66. The molecule has 0 saturated heterocycles. The molecule has 1 heterocycles. The van der Waals surface area contributed by atoms with Crippen LogP contribution in [0, 0.1) is 6.92 Å². The number of hydrogen-bond acceptors (Lipinski definition) is 5. The van der Waals surface area contributed by atoms with Crippen molar-refractivity contribution in [2.45, 2.75) is 6.92 Å². The highest BCUT2D eigenvalue weighted by molar-refractivity contribution is 7.10. The number of phenols is 1. The zero-order valence-electron chi connectivity index (χ0n) is 15.6. The Bertz CT molecular complexity index is 1060. The van der Waals surface area contributed by atoms with Gasteiger partial charge < -0.3 is 10.4 Å². The number of carbonyl (C=O) groups is 2. The fourth-order valence-electron chi connectivity index (χ4n) is 2.46. The third-order valence-electron chi connectivity index (χ3n) is 4.00. The van der Waals surface area contributed by atoms with E-state index in [4.69, 9.17) is 0 Å². The number of benzene rings is 2. The lowest BCUT2D eigenvalue weighted by Gasteiger charge is -2.09. The summed E-state index contributed by atoms with van der Waals surface area (Å²) in [6.45, 7) is 1.77. The number of nitrogens with one attached hydrogen (secondary N) is 2. The molecule has 146 valence electrons. The Morgan fingerprint density at radius 3 is 2.55 bits per heavy atom. The lowest BCUT2D eigenvalue weighted by Crippen LogP contribution is -2.32. The molecule has 0 bridgehead atoms. The van der Waals surface area contributed by atoms with Crippen molar-refractivity contribution in [1.82, 2.24) is 10.7 Å². The van der Waals surface area contributed by atoms with E-state index < -0.39 is 11.8 Å². The fraction of sp³-hybridized carbons (Fsp3) is 0.0455. The molecule has 3 aromatic rings. The molecule has 7 heteroatoms. The van der Waals surface area contributed by atoms with Crippen molar-refractivity contribution in [2.24, 2.45) is 5.10 Å². The molecule has 3 rings (SSSR count). The van der Waals surface area contributed by atoms with E-state index in [2.05, 4.69) is 15.8 Å². The van der Waals surface area contributed by atoms with Gasteiger partial charge in [-0.05, 0) is 48.2 Å². The molecule has 1 aromatic heterocycles. The van der Waals surface area contributed by atoms with Gasteiger partial charge in [0.15, 0.2) is 0 Å². The van der Waals surface area contributed by atoms with Crippen molar-refractivity contribution in [1.29, 1.82) is 0 Å². The second kappa shape index (κ2) is 9.48. The first-order valence-electron chi connectivity index (χ1n) is 8.78. The van der Waals surface area contributed by atoms with Crippen LogP contribution in [0.15, 0.2) is 76.8 Å². The van der Waals surface area contributed by atoms with Gasteiger partial charge >= 0.3 is 0 Å². The predicted octanol–water partition coefficient (Wildman–Crippen LogP) is 3.68. The van der Waals surface area contributed by atoms with Crippen LogP contribution in [0.2, 0.25) is 0 Å². The molecular formula is C22H19N3O3S. The number of hydrogen-bond donors (Lipinski definition) is 3. The summed E-state index contributed by atoms with van der Waals surface area (Å²) in [5.74, 6) is -0.882. The summed E-state index contributed by atoms with van der Waals surface area (Å²) in [6.07, 6.45) is 2.93. The number of hydrazone groups is 1. The van der Waals surface area contributed by atoms with Gasteiger partial charge in [0, 0.05) is 16.0 Å². The molecule has 0 radical (unpaired) electrons. The second-order valence-electron chi connectivity index (χ2n) is 6.11. The van der Waals surface area contributed by atoms with E-state index in [1.165, 1.54) is 17.6 Å². The number of thiophene rings is 1. The Morgan fingerprint density at radius 1 is 1.03 bits per heavy atom. The summed E-state index contributed by atoms with van der Waals surface area (Å²) >= 11 is 1.44. The van der Waals surface area contributed by atoms with E-state index >= 15 is 0 Å². The molecule has 0 atom stereocenters. The number of phenolic OH excluding ortho intramolecular Hbond substituents is 1. The van der Waals surface area contributed by atoms with Crippen molar-refractivity contribution < 1.29 is 14.7 Å². The van der Waals surface area contributed by atoms with E-state index in [1.807, 2.05) is 17.5 Å². The largest absolute Gasteiger partial charge is 0.507 e. The lowest BCUT2D eigenvalue weighted by atomic mass is 10.1. The molecule has 6 nitrogen and oxygen atoms in total. The molecule has 2 aromatic carbocycles. The van der Waals surface area contributed by atoms with Crippen LogP contribution in [0.1, 0.15) is 26.4 Å². The highest BCUT2D eigenvalue weighted by Gasteiger charge is 2.14. The smallest absolute Gasteiger partial charge is 0.287 e. The molecule has 0 fully saturated rings. The maximum absolute atomic E-state index is 12.6. The van der Waals surface area contributed by atoms with Gasteiger partial charge in [-0.2, -0.15) is 5.10 Å². The number of carbonyl (C=O) groups excluding carboxylic acids is 2. The van der Waals surface area contributed by atoms with E-state index in [1.54, 1.807) is 61.5 Å². The van der Waals surface area contributed by atoms with E-state index in [0.29, 0.717) is 16.7 Å². The van der Waals surface area contributed by atoms with Crippen LogP contribution in [-0.4, -0.2) is 23.1 Å². The highest BCUT2D eigenvalue weighted by atomic mass is 32.1. The van der Waals surface area contributed by atoms with Crippen LogP contribution in [0.25, 0.3) is 6.08 Å². The van der Waals surface area contributed by atoms with Crippen LogP contribution < -0.4 is 10.7 Å². The fourth-order valence-corrected chi connectivity index (χ4v) is 3.12. The van der Waals surface area contributed by atoms with Crippen molar-refractivity contribution in [3.8, 4) is 5.75 Å². The van der Waals surface area contributed by atoms with Crippen molar-refractivity contribution in [3.05, 3.63) is 93.3 Å². The van der Waals surface area contributed by atoms with Crippen LogP contribution in [-0.2, 0) is 4.79 Å². The minimum atomic E-state index is -0.578. The zero-order valence-corrected chi connectivity index (χ0v) is 16.4. The van der Waals surface area contributed by atoms with Crippen molar-refractivity contribution >= 4 is 35.4 Å². The Kier molecular flexibility index (Phi) is 6.55. The minimum Gasteiger partial charge on any atom is -0.507 e. The van der Waals surface area contributed by atoms with E-state index in [-0.39, 0.29) is 11.4 Å². The summed E-state index contributed by atoms with van der Waals surface area (Å²) in [6, 6.07) is 17.5. The van der Waals surface area contributed by atoms with Crippen LogP contribution in [0.4, 0.5) is 0 Å². The minimum absolute atomic E-state index is 0.0620. The summed E-state index contributed by atoms with van der Waals surface area (Å²) < 4.78 is 0. The average Bonchev–Trinajstić information content (AvgIpc) is 3.24. The molecule has 3 N–H and O–H groups in total. The Hall–Kier alpha value is -3.71. The van der Waals surface area contributed by atoms with E-state index in [0.717, 1.165) is 4.88 Å². The summed E-state index contributed by atoms with van der Waals surface area (Å²) in [5, 5.41) is 18.4. The summed E-state index contributed by atoms with van der Waals surface area (Å²) in [4.78, 5) is 25.9. The molecular weight excluding hydrogens is 386 g/mol. The van der Waals surface area contributed by atoms with E-state index in [9.17, 15) is 14.7 Å². The molecule has 0 aliphatic rings. The Labute approximate surface area is 172 Å². The SMILES string of the molecule is Cc1cccc(C=NNC(=O)C(=Cc2cccs2)NC(=O)c2ccccc2)c1O.